The Bertz CT molecular complexity index is 178. The molecule has 0 spiro atoms. The van der Waals surface area contributed by atoms with E-state index < -0.39 is 0 Å². The van der Waals surface area contributed by atoms with Crippen molar-refractivity contribution in [2.75, 3.05) is 0 Å². The van der Waals surface area contributed by atoms with Gasteiger partial charge in [0.2, 0.25) is 5.91 Å². The molecule has 0 aromatic heterocycles. The molecule has 0 aliphatic carbocycles. The SMILES string of the molecule is CCC1C(=O)NC(=S)C1C. The van der Waals surface area contributed by atoms with Crippen molar-refractivity contribution in [3.63, 3.8) is 0 Å². The molecule has 2 unspecified atom stereocenters. The molecule has 1 N–H and O–H groups in total. The number of carbonyl (C=O) groups excluding carboxylic acids is 1. The fraction of sp³-hybridized carbons (Fsp3) is 0.714. The van der Waals surface area contributed by atoms with Crippen molar-refractivity contribution < 1.29 is 4.79 Å². The summed E-state index contributed by atoms with van der Waals surface area (Å²) in [5.41, 5.74) is 0. The molecule has 2 atom stereocenters. The van der Waals surface area contributed by atoms with E-state index in [-0.39, 0.29) is 17.7 Å². The highest BCUT2D eigenvalue weighted by Gasteiger charge is 2.33. The predicted molar refractivity (Wildman–Crippen MR) is 43.7 cm³/mol. The Balaban J connectivity index is 2.73. The zero-order chi connectivity index (χ0) is 7.72. The molecule has 1 heterocycles. The molecule has 0 aromatic carbocycles. The normalized spacial score (nSPS) is 32.6. The minimum absolute atomic E-state index is 0.0972. The number of hydrogen-bond donors (Lipinski definition) is 1. The van der Waals surface area contributed by atoms with Crippen LogP contribution in [0.3, 0.4) is 0 Å². The lowest BCUT2D eigenvalue weighted by Gasteiger charge is -2.06. The maximum atomic E-state index is 11.0. The molecular formula is C7H11NOS. The number of rotatable bonds is 1. The monoisotopic (exact) mass is 157 g/mol. The Morgan fingerprint density at radius 1 is 1.70 bits per heavy atom. The van der Waals surface area contributed by atoms with Gasteiger partial charge >= 0.3 is 0 Å². The molecule has 2 nitrogen and oxygen atoms in total. The van der Waals surface area contributed by atoms with Crippen LogP contribution in [0.25, 0.3) is 0 Å². The lowest BCUT2D eigenvalue weighted by atomic mass is 9.95. The second-order valence-corrected chi connectivity index (χ2v) is 3.10. The van der Waals surface area contributed by atoms with Crippen LogP contribution in [0.4, 0.5) is 0 Å². The van der Waals surface area contributed by atoms with E-state index in [0.717, 1.165) is 6.42 Å². The lowest BCUT2D eigenvalue weighted by molar-refractivity contribution is -0.122. The first-order chi connectivity index (χ1) is 4.66. The van der Waals surface area contributed by atoms with Gasteiger partial charge in [0.1, 0.15) is 0 Å². The maximum Gasteiger partial charge on any atom is 0.228 e. The Morgan fingerprint density at radius 3 is 2.50 bits per heavy atom. The fourth-order valence-electron chi connectivity index (χ4n) is 1.28. The number of hydrogen-bond acceptors (Lipinski definition) is 2. The molecule has 3 heteroatoms. The third kappa shape index (κ3) is 1.06. The van der Waals surface area contributed by atoms with Crippen molar-refractivity contribution in [3.8, 4) is 0 Å². The van der Waals surface area contributed by atoms with Gasteiger partial charge in [0.25, 0.3) is 0 Å². The Kier molecular flexibility index (Phi) is 2.04. The molecule has 56 valence electrons. The van der Waals surface area contributed by atoms with Gasteiger partial charge in [-0.1, -0.05) is 26.1 Å². The average molecular weight is 157 g/mol. The maximum absolute atomic E-state index is 11.0. The molecule has 10 heavy (non-hydrogen) atoms. The van der Waals surface area contributed by atoms with E-state index in [2.05, 4.69) is 5.32 Å². The quantitative estimate of drug-likeness (QED) is 0.578. The summed E-state index contributed by atoms with van der Waals surface area (Å²) in [5.74, 6) is 0.458. The van der Waals surface area contributed by atoms with Crippen LogP contribution in [-0.2, 0) is 4.79 Å². The summed E-state index contributed by atoms with van der Waals surface area (Å²) in [6, 6.07) is 0. The van der Waals surface area contributed by atoms with Crippen LogP contribution in [0.1, 0.15) is 20.3 Å². The van der Waals surface area contributed by atoms with Crippen molar-refractivity contribution in [2.24, 2.45) is 11.8 Å². The van der Waals surface area contributed by atoms with E-state index in [1.165, 1.54) is 0 Å². The third-order valence-electron chi connectivity index (χ3n) is 2.04. The van der Waals surface area contributed by atoms with Gasteiger partial charge in [-0.25, -0.2) is 0 Å². The van der Waals surface area contributed by atoms with E-state index in [1.54, 1.807) is 0 Å². The van der Waals surface area contributed by atoms with Crippen molar-refractivity contribution in [1.82, 2.24) is 5.32 Å². The smallest absolute Gasteiger partial charge is 0.228 e. The summed E-state index contributed by atoms with van der Waals surface area (Å²) < 4.78 is 0. The minimum atomic E-state index is 0.0972. The third-order valence-corrected chi connectivity index (χ3v) is 2.51. The second kappa shape index (κ2) is 2.66. The zero-order valence-corrected chi connectivity index (χ0v) is 6.99. The molecule has 1 rings (SSSR count). The van der Waals surface area contributed by atoms with Gasteiger partial charge in [0.05, 0.1) is 4.99 Å². The number of amides is 1. The van der Waals surface area contributed by atoms with Crippen molar-refractivity contribution in [2.45, 2.75) is 20.3 Å². The van der Waals surface area contributed by atoms with Gasteiger partial charge in [0.15, 0.2) is 0 Å². The molecular weight excluding hydrogens is 146 g/mol. The summed E-state index contributed by atoms with van der Waals surface area (Å²) in [4.78, 5) is 11.7. The highest BCUT2D eigenvalue weighted by atomic mass is 32.1. The number of nitrogens with one attached hydrogen (secondary N) is 1. The second-order valence-electron chi connectivity index (χ2n) is 2.66. The first kappa shape index (κ1) is 7.66. The van der Waals surface area contributed by atoms with Crippen LogP contribution in [0, 0.1) is 11.8 Å². The van der Waals surface area contributed by atoms with Gasteiger partial charge in [0, 0.05) is 11.8 Å². The van der Waals surface area contributed by atoms with Crippen LogP contribution in [0.2, 0.25) is 0 Å². The summed E-state index contributed by atoms with van der Waals surface area (Å²) in [6.45, 7) is 4.00. The Labute approximate surface area is 66.0 Å². The topological polar surface area (TPSA) is 29.1 Å². The summed E-state index contributed by atoms with van der Waals surface area (Å²) in [6.07, 6.45) is 0.882. The lowest BCUT2D eigenvalue weighted by Crippen LogP contribution is -2.20. The Morgan fingerprint density at radius 2 is 2.30 bits per heavy atom. The summed E-state index contributed by atoms with van der Waals surface area (Å²) >= 11 is 4.93. The molecule has 1 aliphatic heterocycles. The molecule has 1 fully saturated rings. The van der Waals surface area contributed by atoms with Gasteiger partial charge < -0.3 is 5.32 Å². The molecule has 0 aromatic rings. The van der Waals surface area contributed by atoms with Crippen molar-refractivity contribution >= 4 is 23.1 Å². The highest BCUT2D eigenvalue weighted by molar-refractivity contribution is 7.80. The number of carbonyl (C=O) groups is 1. The van der Waals surface area contributed by atoms with Gasteiger partial charge in [-0.2, -0.15) is 0 Å². The standard InChI is InChI=1S/C7H11NOS/c1-3-5-4(2)7(10)8-6(5)9/h4-5H,3H2,1-2H3,(H,8,9,10). The van der Waals surface area contributed by atoms with E-state index in [9.17, 15) is 4.79 Å². The van der Waals surface area contributed by atoms with Gasteiger partial charge in [-0.05, 0) is 6.42 Å². The van der Waals surface area contributed by atoms with E-state index in [4.69, 9.17) is 12.2 Å². The first-order valence-electron chi connectivity index (χ1n) is 3.51. The predicted octanol–water partition coefficient (Wildman–Crippen LogP) is 1.11. The molecule has 1 saturated heterocycles. The van der Waals surface area contributed by atoms with E-state index in [0.29, 0.717) is 4.99 Å². The molecule has 1 amide bonds. The van der Waals surface area contributed by atoms with Crippen LogP contribution in [-0.4, -0.2) is 10.9 Å². The average Bonchev–Trinajstić information content (AvgIpc) is 2.09. The molecule has 0 saturated carbocycles. The Hall–Kier alpha value is -0.440. The first-order valence-corrected chi connectivity index (χ1v) is 3.92. The van der Waals surface area contributed by atoms with Crippen LogP contribution >= 0.6 is 12.2 Å². The zero-order valence-electron chi connectivity index (χ0n) is 6.18. The molecule has 0 radical (unpaired) electrons. The summed E-state index contributed by atoms with van der Waals surface area (Å²) in [5, 5.41) is 2.66. The highest BCUT2D eigenvalue weighted by Crippen LogP contribution is 2.22. The molecule has 1 aliphatic rings. The van der Waals surface area contributed by atoms with Crippen LogP contribution in [0.15, 0.2) is 0 Å². The van der Waals surface area contributed by atoms with Gasteiger partial charge in [-0.15, -0.1) is 0 Å². The van der Waals surface area contributed by atoms with Crippen molar-refractivity contribution in [1.29, 1.82) is 0 Å². The van der Waals surface area contributed by atoms with Gasteiger partial charge in [-0.3, -0.25) is 4.79 Å². The van der Waals surface area contributed by atoms with Crippen LogP contribution < -0.4 is 5.32 Å². The van der Waals surface area contributed by atoms with Crippen LogP contribution in [0.5, 0.6) is 0 Å². The molecule has 0 bridgehead atoms. The van der Waals surface area contributed by atoms with E-state index in [1.807, 2.05) is 13.8 Å². The number of thiocarbonyl (C=S) groups is 1. The summed E-state index contributed by atoms with van der Waals surface area (Å²) in [7, 11) is 0. The van der Waals surface area contributed by atoms with E-state index >= 15 is 0 Å². The largest absolute Gasteiger partial charge is 0.320 e. The van der Waals surface area contributed by atoms with Crippen molar-refractivity contribution in [3.05, 3.63) is 0 Å². The fourth-order valence-corrected chi connectivity index (χ4v) is 1.54. The minimum Gasteiger partial charge on any atom is -0.320 e.